The van der Waals surface area contributed by atoms with Crippen molar-refractivity contribution in [3.63, 3.8) is 0 Å². The van der Waals surface area contributed by atoms with Crippen molar-refractivity contribution in [2.24, 2.45) is 0 Å². The van der Waals surface area contributed by atoms with Crippen LogP contribution < -0.4 is 15.0 Å². The van der Waals surface area contributed by atoms with Crippen molar-refractivity contribution in [3.8, 4) is 5.75 Å². The SMILES string of the molecule is COc1cccc(C(=O)Nc2cc(Cl)ccc2N2CCCC2)c1. The number of benzene rings is 2. The summed E-state index contributed by atoms with van der Waals surface area (Å²) in [5, 5.41) is 3.58. The van der Waals surface area contributed by atoms with Crippen molar-refractivity contribution in [1.82, 2.24) is 0 Å². The number of ether oxygens (including phenoxy) is 1. The third-order valence-corrected chi connectivity index (χ3v) is 4.22. The lowest BCUT2D eigenvalue weighted by Gasteiger charge is -2.22. The molecule has 0 spiro atoms. The molecule has 0 radical (unpaired) electrons. The van der Waals surface area contributed by atoms with Crippen LogP contribution in [0.1, 0.15) is 23.2 Å². The number of carbonyl (C=O) groups excluding carboxylic acids is 1. The topological polar surface area (TPSA) is 41.6 Å². The molecule has 1 N–H and O–H groups in total. The van der Waals surface area contributed by atoms with Gasteiger partial charge in [0.05, 0.1) is 18.5 Å². The molecule has 1 aliphatic heterocycles. The Bertz CT molecular complexity index is 712. The largest absolute Gasteiger partial charge is 0.497 e. The van der Waals surface area contributed by atoms with Crippen LogP contribution in [-0.2, 0) is 0 Å². The lowest BCUT2D eigenvalue weighted by atomic mass is 10.2. The number of halogens is 1. The van der Waals surface area contributed by atoms with Gasteiger partial charge in [-0.1, -0.05) is 17.7 Å². The molecule has 0 unspecified atom stereocenters. The maximum Gasteiger partial charge on any atom is 0.255 e. The van der Waals surface area contributed by atoms with Crippen molar-refractivity contribution in [2.45, 2.75) is 12.8 Å². The molecule has 1 fully saturated rings. The van der Waals surface area contributed by atoms with Crippen LogP contribution >= 0.6 is 11.6 Å². The van der Waals surface area contributed by atoms with Crippen LogP contribution in [0.15, 0.2) is 42.5 Å². The van der Waals surface area contributed by atoms with Crippen molar-refractivity contribution in [2.75, 3.05) is 30.4 Å². The number of methoxy groups -OCH3 is 1. The molecule has 0 saturated carbocycles. The molecule has 2 aromatic carbocycles. The summed E-state index contributed by atoms with van der Waals surface area (Å²) >= 11 is 6.11. The first-order valence-corrected chi connectivity index (χ1v) is 8.05. The summed E-state index contributed by atoms with van der Waals surface area (Å²) in [4.78, 5) is 14.8. The first-order chi connectivity index (χ1) is 11.2. The van der Waals surface area contributed by atoms with Crippen molar-refractivity contribution in [3.05, 3.63) is 53.1 Å². The molecule has 3 rings (SSSR count). The maximum atomic E-state index is 12.5. The van der Waals surface area contributed by atoms with Crippen LogP contribution in [0.4, 0.5) is 11.4 Å². The van der Waals surface area contributed by atoms with Gasteiger partial charge < -0.3 is 15.0 Å². The van der Waals surface area contributed by atoms with E-state index in [0.29, 0.717) is 16.3 Å². The Morgan fingerprint density at radius 2 is 1.96 bits per heavy atom. The number of anilines is 2. The fourth-order valence-corrected chi connectivity index (χ4v) is 2.97. The van der Waals surface area contributed by atoms with Crippen LogP contribution in [0.2, 0.25) is 5.02 Å². The summed E-state index contributed by atoms with van der Waals surface area (Å²) in [6, 6.07) is 12.7. The third-order valence-electron chi connectivity index (χ3n) is 3.99. The minimum absolute atomic E-state index is 0.174. The second-order valence-electron chi connectivity index (χ2n) is 5.54. The number of amides is 1. The van der Waals surface area contributed by atoms with Gasteiger partial charge in [-0.3, -0.25) is 4.79 Å². The third kappa shape index (κ3) is 3.59. The first-order valence-electron chi connectivity index (χ1n) is 7.67. The van der Waals surface area contributed by atoms with Gasteiger partial charge in [-0.15, -0.1) is 0 Å². The Hall–Kier alpha value is -2.20. The summed E-state index contributed by atoms with van der Waals surface area (Å²) < 4.78 is 5.17. The highest BCUT2D eigenvalue weighted by Crippen LogP contribution is 2.32. The van der Waals surface area contributed by atoms with Gasteiger partial charge in [0.15, 0.2) is 0 Å². The van der Waals surface area contributed by atoms with E-state index < -0.39 is 0 Å². The smallest absolute Gasteiger partial charge is 0.255 e. The minimum atomic E-state index is -0.174. The highest BCUT2D eigenvalue weighted by molar-refractivity contribution is 6.31. The number of rotatable bonds is 4. The molecular formula is C18H19ClN2O2. The zero-order chi connectivity index (χ0) is 16.2. The van der Waals surface area contributed by atoms with E-state index in [4.69, 9.17) is 16.3 Å². The van der Waals surface area contributed by atoms with Crippen molar-refractivity contribution >= 4 is 28.9 Å². The van der Waals surface area contributed by atoms with E-state index in [-0.39, 0.29) is 5.91 Å². The molecule has 0 bridgehead atoms. The minimum Gasteiger partial charge on any atom is -0.497 e. The second-order valence-corrected chi connectivity index (χ2v) is 5.98. The summed E-state index contributed by atoms with van der Waals surface area (Å²) in [7, 11) is 1.58. The number of hydrogen-bond donors (Lipinski definition) is 1. The van der Waals surface area contributed by atoms with Gasteiger partial charge >= 0.3 is 0 Å². The summed E-state index contributed by atoms with van der Waals surface area (Å²) in [5.74, 6) is 0.482. The van der Waals surface area contributed by atoms with E-state index >= 15 is 0 Å². The standard InChI is InChI=1S/C18H19ClN2O2/c1-23-15-6-4-5-13(11-15)18(22)20-16-12-14(19)7-8-17(16)21-9-2-3-10-21/h4-8,11-12H,2-3,9-10H2,1H3,(H,20,22). The lowest BCUT2D eigenvalue weighted by molar-refractivity contribution is 0.102. The molecule has 1 saturated heterocycles. The zero-order valence-electron chi connectivity index (χ0n) is 13.0. The number of hydrogen-bond acceptors (Lipinski definition) is 3. The van der Waals surface area contributed by atoms with Gasteiger partial charge in [0.2, 0.25) is 0 Å². The molecule has 1 amide bonds. The van der Waals surface area contributed by atoms with E-state index in [9.17, 15) is 4.79 Å². The Morgan fingerprint density at radius 3 is 2.70 bits per heavy atom. The number of nitrogens with one attached hydrogen (secondary N) is 1. The average Bonchev–Trinajstić information content (AvgIpc) is 3.09. The maximum absolute atomic E-state index is 12.5. The Kier molecular flexibility index (Phi) is 4.72. The fourth-order valence-electron chi connectivity index (χ4n) is 2.80. The summed E-state index contributed by atoms with van der Waals surface area (Å²) in [6.07, 6.45) is 2.35. The average molecular weight is 331 g/mol. The predicted octanol–water partition coefficient (Wildman–Crippen LogP) is 4.20. The van der Waals surface area contributed by atoms with Crippen molar-refractivity contribution in [1.29, 1.82) is 0 Å². The molecule has 4 nitrogen and oxygen atoms in total. The van der Waals surface area contributed by atoms with Crippen LogP contribution in [-0.4, -0.2) is 26.1 Å². The highest BCUT2D eigenvalue weighted by atomic mass is 35.5. The van der Waals surface area contributed by atoms with Gasteiger partial charge in [-0.2, -0.15) is 0 Å². The van der Waals surface area contributed by atoms with E-state index in [1.54, 1.807) is 31.4 Å². The lowest BCUT2D eigenvalue weighted by Crippen LogP contribution is -2.21. The first kappa shape index (κ1) is 15.7. The molecule has 0 aliphatic carbocycles. The molecule has 5 heteroatoms. The quantitative estimate of drug-likeness (QED) is 0.913. The Labute approximate surface area is 141 Å². The van der Waals surface area contributed by atoms with Crippen LogP contribution in [0.25, 0.3) is 0 Å². The Balaban J connectivity index is 1.86. The zero-order valence-corrected chi connectivity index (χ0v) is 13.8. The fraction of sp³-hybridized carbons (Fsp3) is 0.278. The molecule has 0 aromatic heterocycles. The van der Waals surface area contributed by atoms with Gasteiger partial charge in [0.1, 0.15) is 5.75 Å². The van der Waals surface area contributed by atoms with E-state index in [2.05, 4.69) is 10.2 Å². The van der Waals surface area contributed by atoms with Gasteiger partial charge in [-0.25, -0.2) is 0 Å². The molecule has 1 heterocycles. The monoisotopic (exact) mass is 330 g/mol. The second kappa shape index (κ2) is 6.92. The van der Waals surface area contributed by atoms with Crippen LogP contribution in [0.3, 0.4) is 0 Å². The summed E-state index contributed by atoms with van der Waals surface area (Å²) in [5.41, 5.74) is 2.31. The Morgan fingerprint density at radius 1 is 1.17 bits per heavy atom. The molecule has 23 heavy (non-hydrogen) atoms. The molecule has 120 valence electrons. The number of carbonyl (C=O) groups is 1. The van der Waals surface area contributed by atoms with E-state index in [0.717, 1.165) is 24.5 Å². The van der Waals surface area contributed by atoms with E-state index in [1.165, 1.54) is 12.8 Å². The molecule has 1 aliphatic rings. The normalized spacial score (nSPS) is 13.9. The number of nitrogens with zero attached hydrogens (tertiary/aromatic N) is 1. The molecule has 2 aromatic rings. The highest BCUT2D eigenvalue weighted by Gasteiger charge is 2.18. The van der Waals surface area contributed by atoms with Crippen LogP contribution in [0.5, 0.6) is 5.75 Å². The summed E-state index contributed by atoms with van der Waals surface area (Å²) in [6.45, 7) is 2.01. The predicted molar refractivity (Wildman–Crippen MR) is 93.8 cm³/mol. The van der Waals surface area contributed by atoms with Gasteiger partial charge in [0, 0.05) is 23.7 Å². The van der Waals surface area contributed by atoms with Crippen molar-refractivity contribution < 1.29 is 9.53 Å². The van der Waals surface area contributed by atoms with Gasteiger partial charge in [-0.05, 0) is 49.2 Å². The van der Waals surface area contributed by atoms with Gasteiger partial charge in [0.25, 0.3) is 5.91 Å². The van der Waals surface area contributed by atoms with Crippen LogP contribution in [0, 0.1) is 0 Å². The van der Waals surface area contributed by atoms with E-state index in [1.807, 2.05) is 18.2 Å². The molecular weight excluding hydrogens is 312 g/mol. The molecule has 0 atom stereocenters.